The molecule has 1 aromatic heterocycles. The Morgan fingerprint density at radius 1 is 0.635 bits per heavy atom. The van der Waals surface area contributed by atoms with E-state index in [4.69, 9.17) is 20.1 Å². The summed E-state index contributed by atoms with van der Waals surface area (Å²) in [6, 6.07) is 56.8. The van der Waals surface area contributed by atoms with E-state index in [-0.39, 0.29) is 18.5 Å². The number of hydrogen-bond acceptors (Lipinski definition) is 6. The number of aromatic nitrogens is 4. The highest BCUT2D eigenvalue weighted by molar-refractivity contribution is 5.80. The molecule has 7 aromatic rings. The summed E-state index contributed by atoms with van der Waals surface area (Å²) >= 11 is 0. The summed E-state index contributed by atoms with van der Waals surface area (Å²) in [6.45, 7) is 4.83. The topological polar surface area (TPSA) is 81.9 Å². The van der Waals surface area contributed by atoms with Gasteiger partial charge >= 0.3 is 5.97 Å². The molecule has 0 saturated carbocycles. The van der Waals surface area contributed by atoms with Crippen molar-refractivity contribution in [1.29, 1.82) is 0 Å². The SMILES string of the molecule is CC(C)[C@H](NCc1ccc(-c2ccccc2-c2nnn(C(c3ccccc3)(c3ccccc3)c3ccccc3)n2)cc1)C(=O)OCc1ccccc1. The van der Waals surface area contributed by atoms with Crippen LogP contribution in [0.1, 0.15) is 41.7 Å². The minimum Gasteiger partial charge on any atom is -0.460 e. The molecule has 0 bridgehead atoms. The first-order valence-corrected chi connectivity index (χ1v) is 17.6. The first-order valence-electron chi connectivity index (χ1n) is 17.6. The number of benzene rings is 6. The van der Waals surface area contributed by atoms with Crippen molar-refractivity contribution >= 4 is 5.97 Å². The second-order valence-corrected chi connectivity index (χ2v) is 13.1. The van der Waals surface area contributed by atoms with Crippen molar-refractivity contribution in [3.05, 3.63) is 198 Å². The monoisotopic (exact) mass is 683 g/mol. The van der Waals surface area contributed by atoms with Gasteiger partial charge in [-0.25, -0.2) is 0 Å². The fourth-order valence-corrected chi connectivity index (χ4v) is 6.72. The number of nitrogens with one attached hydrogen (secondary N) is 1. The van der Waals surface area contributed by atoms with Crippen LogP contribution in [0, 0.1) is 5.92 Å². The number of ether oxygens (including phenoxy) is 1. The number of carbonyl (C=O) groups is 1. The molecule has 7 rings (SSSR count). The molecular weight excluding hydrogens is 643 g/mol. The van der Waals surface area contributed by atoms with Gasteiger partial charge in [-0.3, -0.25) is 4.79 Å². The van der Waals surface area contributed by atoms with Gasteiger partial charge in [-0.15, -0.1) is 15.0 Å². The number of carbonyl (C=O) groups excluding carboxylic acids is 1. The highest BCUT2D eigenvalue weighted by Crippen LogP contribution is 2.40. The van der Waals surface area contributed by atoms with Gasteiger partial charge in [0, 0.05) is 12.1 Å². The first-order chi connectivity index (χ1) is 25.5. The van der Waals surface area contributed by atoms with E-state index in [1.165, 1.54) is 0 Å². The number of tetrazole rings is 1. The predicted octanol–water partition coefficient (Wildman–Crippen LogP) is 8.70. The molecule has 6 aromatic carbocycles. The van der Waals surface area contributed by atoms with Crippen LogP contribution in [0.15, 0.2) is 170 Å². The fourth-order valence-electron chi connectivity index (χ4n) is 6.72. The second-order valence-electron chi connectivity index (χ2n) is 13.1. The normalized spacial score (nSPS) is 12.1. The van der Waals surface area contributed by atoms with Crippen molar-refractivity contribution in [3.63, 3.8) is 0 Å². The molecule has 0 fully saturated rings. The van der Waals surface area contributed by atoms with Gasteiger partial charge in [0.05, 0.1) is 0 Å². The minimum absolute atomic E-state index is 0.0692. The van der Waals surface area contributed by atoms with Gasteiger partial charge in [0.25, 0.3) is 0 Å². The number of nitrogens with zero attached hydrogens (tertiary/aromatic N) is 4. The zero-order valence-electron chi connectivity index (χ0n) is 29.3. The average Bonchev–Trinajstić information content (AvgIpc) is 3.70. The molecule has 1 atom stereocenters. The van der Waals surface area contributed by atoms with Crippen molar-refractivity contribution in [2.75, 3.05) is 0 Å². The first kappa shape index (κ1) is 34.3. The summed E-state index contributed by atoms with van der Waals surface area (Å²) in [7, 11) is 0. The zero-order chi connectivity index (χ0) is 35.8. The molecule has 0 aliphatic rings. The summed E-state index contributed by atoms with van der Waals surface area (Å²) in [4.78, 5) is 14.7. The molecule has 0 aliphatic carbocycles. The molecule has 7 nitrogen and oxygen atoms in total. The lowest BCUT2D eigenvalue weighted by atomic mass is 9.77. The van der Waals surface area contributed by atoms with Crippen molar-refractivity contribution in [1.82, 2.24) is 25.5 Å². The minimum atomic E-state index is -0.861. The maximum absolute atomic E-state index is 13.0. The van der Waals surface area contributed by atoms with Crippen molar-refractivity contribution in [2.24, 2.45) is 5.92 Å². The number of esters is 1. The standard InChI is InChI=1S/C45H41N5O2/c1-33(2)42(44(51)52-32-35-17-7-3-8-18-35)46-31-34-27-29-36(30-28-34)40-25-15-16-26-41(40)43-47-49-50(48-43)45(37-19-9-4-10-20-37,38-21-11-5-12-22-38)39-23-13-6-14-24-39/h3-30,33,42,46H,31-32H2,1-2H3/t42-/m0/s1. The molecule has 0 unspecified atom stereocenters. The van der Waals surface area contributed by atoms with E-state index < -0.39 is 11.6 Å². The summed E-state index contributed by atoms with van der Waals surface area (Å²) < 4.78 is 5.65. The van der Waals surface area contributed by atoms with Crippen molar-refractivity contribution in [3.8, 4) is 22.5 Å². The molecule has 0 radical (unpaired) electrons. The molecule has 0 saturated heterocycles. The lowest BCUT2D eigenvalue weighted by Gasteiger charge is -2.34. The second kappa shape index (κ2) is 15.8. The quantitative estimate of drug-likeness (QED) is 0.0968. The largest absolute Gasteiger partial charge is 0.460 e. The van der Waals surface area contributed by atoms with E-state index in [0.29, 0.717) is 12.4 Å². The molecule has 52 heavy (non-hydrogen) atoms. The third-order valence-electron chi connectivity index (χ3n) is 9.39. The number of hydrogen-bond donors (Lipinski definition) is 1. The smallest absolute Gasteiger partial charge is 0.323 e. The Hall–Kier alpha value is -6.18. The van der Waals surface area contributed by atoms with Crippen LogP contribution in [0.3, 0.4) is 0 Å². The summed E-state index contributed by atoms with van der Waals surface area (Å²) in [5.74, 6) is 0.350. The van der Waals surface area contributed by atoms with Crippen LogP contribution in [0.5, 0.6) is 0 Å². The Bertz CT molecular complexity index is 2090. The Morgan fingerprint density at radius 2 is 1.13 bits per heavy atom. The Labute approximate surface area is 305 Å². The van der Waals surface area contributed by atoms with Gasteiger partial charge in [-0.05, 0) is 50.1 Å². The van der Waals surface area contributed by atoms with Crippen LogP contribution in [0.4, 0.5) is 0 Å². The highest BCUT2D eigenvalue weighted by atomic mass is 16.5. The third-order valence-corrected chi connectivity index (χ3v) is 9.39. The molecule has 7 heteroatoms. The Morgan fingerprint density at radius 3 is 1.67 bits per heavy atom. The zero-order valence-corrected chi connectivity index (χ0v) is 29.3. The summed E-state index contributed by atoms with van der Waals surface area (Å²) in [5.41, 5.74) is 7.15. The van der Waals surface area contributed by atoms with E-state index in [1.807, 2.05) is 117 Å². The van der Waals surface area contributed by atoms with Crippen LogP contribution >= 0.6 is 0 Å². The van der Waals surface area contributed by atoms with Gasteiger partial charge in [0.2, 0.25) is 5.82 Å². The van der Waals surface area contributed by atoms with E-state index >= 15 is 0 Å². The van der Waals surface area contributed by atoms with E-state index in [2.05, 4.69) is 72.0 Å². The average molecular weight is 684 g/mol. The molecule has 258 valence electrons. The molecule has 1 heterocycles. The predicted molar refractivity (Wildman–Crippen MR) is 205 cm³/mol. The van der Waals surface area contributed by atoms with Gasteiger partial charge < -0.3 is 10.1 Å². The molecule has 1 N–H and O–H groups in total. The van der Waals surface area contributed by atoms with Crippen molar-refractivity contribution in [2.45, 2.75) is 38.6 Å². The molecule has 0 aliphatic heterocycles. The Balaban J connectivity index is 1.16. The van der Waals surface area contributed by atoms with Crippen LogP contribution in [-0.2, 0) is 28.2 Å². The summed E-state index contributed by atoms with van der Waals surface area (Å²) in [6.07, 6.45) is 0. The maximum atomic E-state index is 13.0. The van der Waals surface area contributed by atoms with Gasteiger partial charge in [0.1, 0.15) is 12.6 Å². The van der Waals surface area contributed by atoms with Gasteiger partial charge in [0.15, 0.2) is 5.54 Å². The fraction of sp³-hybridized carbons (Fsp3) is 0.156. The van der Waals surface area contributed by atoms with Gasteiger partial charge in [-0.1, -0.05) is 184 Å². The van der Waals surface area contributed by atoms with Gasteiger partial charge in [-0.2, -0.15) is 0 Å². The molecule has 0 spiro atoms. The highest BCUT2D eigenvalue weighted by Gasteiger charge is 2.41. The van der Waals surface area contributed by atoms with Crippen molar-refractivity contribution < 1.29 is 9.53 Å². The van der Waals surface area contributed by atoms with Crippen LogP contribution < -0.4 is 5.32 Å². The third kappa shape index (κ3) is 7.18. The van der Waals surface area contributed by atoms with Crippen LogP contribution in [0.2, 0.25) is 0 Å². The van der Waals surface area contributed by atoms with E-state index in [1.54, 1.807) is 4.80 Å². The van der Waals surface area contributed by atoms with Crippen LogP contribution in [0.25, 0.3) is 22.5 Å². The van der Waals surface area contributed by atoms with Crippen LogP contribution in [-0.4, -0.2) is 32.2 Å². The number of rotatable bonds is 13. The van der Waals surface area contributed by atoms with E-state index in [0.717, 1.165) is 44.5 Å². The summed E-state index contributed by atoms with van der Waals surface area (Å²) in [5, 5.41) is 18.0. The maximum Gasteiger partial charge on any atom is 0.323 e. The molecule has 0 amide bonds. The van der Waals surface area contributed by atoms with E-state index in [9.17, 15) is 4.79 Å². The molecular formula is C45H41N5O2. The lowest BCUT2D eigenvalue weighted by molar-refractivity contribution is -0.148. The lowest BCUT2D eigenvalue weighted by Crippen LogP contribution is -2.41. The Kier molecular flexibility index (Phi) is 10.4.